The number of carbonyl (C=O) groups excluding carboxylic acids is 1. The first-order valence-electron chi connectivity index (χ1n) is 9.39. The molecule has 25 heavy (non-hydrogen) atoms. The quantitative estimate of drug-likeness (QED) is 0.878. The highest BCUT2D eigenvalue weighted by Gasteiger charge is 2.47. The van der Waals surface area contributed by atoms with Gasteiger partial charge in [-0.2, -0.15) is 0 Å². The van der Waals surface area contributed by atoms with Crippen molar-refractivity contribution in [3.63, 3.8) is 0 Å². The summed E-state index contributed by atoms with van der Waals surface area (Å²) >= 11 is 0. The maximum absolute atomic E-state index is 12.5. The van der Waals surface area contributed by atoms with E-state index in [0.717, 1.165) is 51.4 Å². The molecule has 0 aliphatic carbocycles. The molecule has 1 aromatic rings. The van der Waals surface area contributed by atoms with E-state index in [2.05, 4.69) is 19.8 Å². The number of imidazole rings is 1. The van der Waals surface area contributed by atoms with Crippen LogP contribution in [0, 0.1) is 0 Å². The van der Waals surface area contributed by atoms with Crippen LogP contribution in [0.25, 0.3) is 0 Å². The molecule has 1 spiro atoms. The molecule has 1 N–H and O–H groups in total. The van der Waals surface area contributed by atoms with E-state index in [1.165, 1.54) is 0 Å². The van der Waals surface area contributed by atoms with Crippen molar-refractivity contribution >= 4 is 5.91 Å². The third-order valence-corrected chi connectivity index (χ3v) is 5.60. The summed E-state index contributed by atoms with van der Waals surface area (Å²) in [6.45, 7) is 8.10. The summed E-state index contributed by atoms with van der Waals surface area (Å²) in [4.78, 5) is 19.6. The molecule has 0 saturated carbocycles. The Hall–Kier alpha value is -1.44. The second kappa shape index (κ2) is 6.70. The normalized spacial score (nSPS) is 29.1. The van der Waals surface area contributed by atoms with Crippen LogP contribution in [0.4, 0.5) is 0 Å². The zero-order valence-corrected chi connectivity index (χ0v) is 15.1. The minimum absolute atomic E-state index is 0.0275. The number of aromatic nitrogens is 2. The number of nitrogens with zero attached hydrogens (tertiary/aromatic N) is 3. The fourth-order valence-electron chi connectivity index (χ4n) is 4.31. The number of rotatable bonds is 3. The van der Waals surface area contributed by atoms with Crippen molar-refractivity contribution in [3.05, 3.63) is 18.2 Å². The average molecular weight is 348 g/mol. The highest BCUT2D eigenvalue weighted by molar-refractivity contribution is 5.81. The summed E-state index contributed by atoms with van der Waals surface area (Å²) in [5, 5.41) is 2.99. The highest BCUT2D eigenvalue weighted by Crippen LogP contribution is 2.40. The van der Waals surface area contributed by atoms with Gasteiger partial charge in [0.1, 0.15) is 11.4 Å². The third kappa shape index (κ3) is 3.20. The number of carbonyl (C=O) groups is 1. The molecule has 0 aromatic carbocycles. The van der Waals surface area contributed by atoms with E-state index in [0.29, 0.717) is 12.6 Å². The molecule has 1 aromatic heterocycles. The van der Waals surface area contributed by atoms with Gasteiger partial charge in [-0.05, 0) is 33.1 Å². The number of nitrogens with one attached hydrogen (secondary N) is 1. The van der Waals surface area contributed by atoms with E-state index < -0.39 is 11.7 Å². The van der Waals surface area contributed by atoms with Crippen molar-refractivity contribution in [2.24, 2.45) is 0 Å². The van der Waals surface area contributed by atoms with Crippen LogP contribution < -0.4 is 5.32 Å². The highest BCUT2D eigenvalue weighted by atomic mass is 16.5. The fraction of sp³-hybridized carbons (Fsp3) is 0.778. The van der Waals surface area contributed by atoms with Crippen LogP contribution in [-0.4, -0.2) is 64.8 Å². The fourth-order valence-corrected chi connectivity index (χ4v) is 4.31. The largest absolute Gasteiger partial charge is 0.380 e. The SMILES string of the molecule is CC(C)NC(=O)[C@H]1Cn2ccnc2C2(CCN([C@H]3CCOC3)CC2)O1. The predicted molar refractivity (Wildman–Crippen MR) is 92.1 cm³/mol. The minimum Gasteiger partial charge on any atom is -0.380 e. The van der Waals surface area contributed by atoms with E-state index in [-0.39, 0.29) is 11.9 Å². The molecule has 1 amide bonds. The van der Waals surface area contributed by atoms with Crippen LogP contribution in [0.15, 0.2) is 12.4 Å². The number of likely N-dealkylation sites (tertiary alicyclic amines) is 1. The minimum atomic E-state index is -0.453. The van der Waals surface area contributed by atoms with Gasteiger partial charge in [0.2, 0.25) is 0 Å². The first-order chi connectivity index (χ1) is 12.1. The van der Waals surface area contributed by atoms with E-state index in [1.54, 1.807) is 0 Å². The summed E-state index contributed by atoms with van der Waals surface area (Å²) in [7, 11) is 0. The molecule has 4 rings (SSSR count). The van der Waals surface area contributed by atoms with E-state index in [9.17, 15) is 4.79 Å². The van der Waals surface area contributed by atoms with Gasteiger partial charge in [0, 0.05) is 44.2 Å². The molecule has 2 fully saturated rings. The summed E-state index contributed by atoms with van der Waals surface area (Å²) in [6.07, 6.45) is 6.18. The molecule has 2 atom stereocenters. The van der Waals surface area contributed by atoms with Gasteiger partial charge < -0.3 is 19.4 Å². The van der Waals surface area contributed by atoms with Crippen LogP contribution in [-0.2, 0) is 26.4 Å². The van der Waals surface area contributed by atoms with Gasteiger partial charge in [0.25, 0.3) is 5.91 Å². The van der Waals surface area contributed by atoms with Crippen LogP contribution in [0.2, 0.25) is 0 Å². The smallest absolute Gasteiger partial charge is 0.251 e. The Bertz CT molecular complexity index is 616. The van der Waals surface area contributed by atoms with Gasteiger partial charge in [0.15, 0.2) is 6.10 Å². The second-order valence-corrected chi connectivity index (χ2v) is 7.72. The van der Waals surface area contributed by atoms with Crippen LogP contribution in [0.5, 0.6) is 0 Å². The monoisotopic (exact) mass is 348 g/mol. The van der Waals surface area contributed by atoms with Gasteiger partial charge >= 0.3 is 0 Å². The second-order valence-electron chi connectivity index (χ2n) is 7.72. The summed E-state index contributed by atoms with van der Waals surface area (Å²) in [5.74, 6) is 0.948. The molecular formula is C18H28N4O3. The number of ether oxygens (including phenoxy) is 2. The zero-order valence-electron chi connectivity index (χ0n) is 15.1. The lowest BCUT2D eigenvalue weighted by atomic mass is 9.87. The summed E-state index contributed by atoms with van der Waals surface area (Å²) in [5.41, 5.74) is -0.448. The molecule has 3 aliphatic rings. The maximum Gasteiger partial charge on any atom is 0.251 e. The number of hydrogen-bond acceptors (Lipinski definition) is 5. The third-order valence-electron chi connectivity index (χ3n) is 5.60. The molecular weight excluding hydrogens is 320 g/mol. The van der Waals surface area contributed by atoms with E-state index in [1.807, 2.05) is 26.2 Å². The Labute approximate surface area is 148 Å². The number of fused-ring (bicyclic) bond motifs is 2. The molecule has 3 aliphatic heterocycles. The lowest BCUT2D eigenvalue weighted by molar-refractivity contribution is -0.175. The Morgan fingerprint density at radius 3 is 2.88 bits per heavy atom. The molecule has 2 saturated heterocycles. The Morgan fingerprint density at radius 2 is 2.20 bits per heavy atom. The Balaban J connectivity index is 1.51. The summed E-state index contributed by atoms with van der Waals surface area (Å²) in [6, 6.07) is 0.640. The van der Waals surface area contributed by atoms with Gasteiger partial charge in [-0.1, -0.05) is 0 Å². The average Bonchev–Trinajstić information content (AvgIpc) is 3.26. The van der Waals surface area contributed by atoms with Gasteiger partial charge in [-0.3, -0.25) is 9.69 Å². The molecule has 0 radical (unpaired) electrons. The van der Waals surface area contributed by atoms with Crippen LogP contribution >= 0.6 is 0 Å². The van der Waals surface area contributed by atoms with Gasteiger partial charge in [0.05, 0.1) is 13.2 Å². The maximum atomic E-state index is 12.5. The zero-order chi connectivity index (χ0) is 17.4. The standard InChI is InChI=1S/C18H28N4O3/c1-13(2)20-16(23)15-11-22-9-6-19-17(22)18(25-15)4-7-21(8-5-18)14-3-10-24-12-14/h6,9,13-15H,3-5,7-8,10-12H2,1-2H3,(H,20,23)/t14-,15+/m0/s1. The van der Waals surface area contributed by atoms with Crippen molar-refractivity contribution in [2.75, 3.05) is 26.3 Å². The molecule has 7 nitrogen and oxygen atoms in total. The van der Waals surface area contributed by atoms with Crippen molar-refractivity contribution in [2.45, 2.75) is 63.4 Å². The van der Waals surface area contributed by atoms with Crippen molar-refractivity contribution in [1.29, 1.82) is 0 Å². The Kier molecular flexibility index (Phi) is 4.56. The van der Waals surface area contributed by atoms with Gasteiger partial charge in [-0.25, -0.2) is 4.98 Å². The first kappa shape index (κ1) is 17.0. The van der Waals surface area contributed by atoms with Crippen molar-refractivity contribution < 1.29 is 14.3 Å². The van der Waals surface area contributed by atoms with Crippen LogP contribution in [0.3, 0.4) is 0 Å². The molecule has 0 bridgehead atoms. The molecule has 138 valence electrons. The number of hydrogen-bond donors (Lipinski definition) is 1. The van der Waals surface area contributed by atoms with Crippen molar-refractivity contribution in [3.8, 4) is 0 Å². The molecule has 7 heteroatoms. The lowest BCUT2D eigenvalue weighted by Gasteiger charge is -2.46. The van der Waals surface area contributed by atoms with Gasteiger partial charge in [-0.15, -0.1) is 0 Å². The number of amides is 1. The number of piperidine rings is 1. The molecule has 0 unspecified atom stereocenters. The molecule has 4 heterocycles. The predicted octanol–water partition coefficient (Wildman–Crippen LogP) is 0.887. The van der Waals surface area contributed by atoms with Crippen molar-refractivity contribution in [1.82, 2.24) is 19.8 Å². The lowest BCUT2D eigenvalue weighted by Crippen LogP contribution is -2.55. The summed E-state index contributed by atoms with van der Waals surface area (Å²) < 4.78 is 14.1. The first-order valence-corrected chi connectivity index (χ1v) is 9.39. The topological polar surface area (TPSA) is 68.6 Å². The Morgan fingerprint density at radius 1 is 1.40 bits per heavy atom. The van der Waals surface area contributed by atoms with E-state index >= 15 is 0 Å². The van der Waals surface area contributed by atoms with Crippen LogP contribution in [0.1, 0.15) is 38.9 Å². The van der Waals surface area contributed by atoms with E-state index in [4.69, 9.17) is 9.47 Å².